The highest BCUT2D eigenvalue weighted by Crippen LogP contribution is 2.13. The first-order chi connectivity index (χ1) is 34.7. The fraction of sp³-hybridized carbons (Fsp3) is 0.426. The zero-order chi connectivity index (χ0) is 51.8. The molecule has 0 aliphatic heterocycles. The van der Waals surface area contributed by atoms with Gasteiger partial charge in [-0.05, 0) is 101 Å². The summed E-state index contributed by atoms with van der Waals surface area (Å²) in [4.78, 5) is 92.4. The smallest absolute Gasteiger partial charge is 0.408 e. The fourth-order valence-electron chi connectivity index (χ4n) is 6.92. The van der Waals surface area contributed by atoms with E-state index in [2.05, 4.69) is 31.9 Å². The Kier molecular flexibility index (Phi) is 25.5. The molecule has 0 aromatic heterocycles. The van der Waals surface area contributed by atoms with Crippen LogP contribution in [0.25, 0.3) is 0 Å². The number of amides is 6. The number of rotatable bonds is 29. The van der Waals surface area contributed by atoms with Crippen LogP contribution >= 0.6 is 0 Å². The molecule has 4 aromatic rings. The van der Waals surface area contributed by atoms with Crippen LogP contribution in [0.2, 0.25) is 0 Å². The highest BCUT2D eigenvalue weighted by Gasteiger charge is 2.31. The van der Waals surface area contributed by atoms with E-state index in [1.807, 2.05) is 109 Å². The molecule has 18 heteroatoms. The number of carbonyl (C=O) groups excluding carboxylic acids is 7. The van der Waals surface area contributed by atoms with E-state index in [9.17, 15) is 33.6 Å². The predicted octanol–water partition coefficient (Wildman–Crippen LogP) is 7.88. The number of esters is 1. The number of benzene rings is 4. The lowest BCUT2D eigenvalue weighted by molar-refractivity contribution is -0.149. The Morgan fingerprint density at radius 1 is 0.389 bits per heavy atom. The molecular weight excluding hydrogens is 925 g/mol. The van der Waals surface area contributed by atoms with Crippen molar-refractivity contribution in [1.82, 2.24) is 31.9 Å². The predicted molar refractivity (Wildman–Crippen MR) is 269 cm³/mol. The quantitative estimate of drug-likeness (QED) is 0.0173. The molecule has 0 fully saturated rings. The SMILES string of the molecule is CC(C)(C)OC(=O)N[C@@H](CCCCNC(=O)OCc1ccccc1)C(=O)N[C@H](CCCCNC(=O)OCc1ccccc1)C(=O)N[C@@H](CCCCNC(=O)OCc1ccccc1)C(=O)OCc1ccccc1. The van der Waals surface area contributed by atoms with Gasteiger partial charge in [-0.15, -0.1) is 0 Å². The third kappa shape index (κ3) is 24.8. The highest BCUT2D eigenvalue weighted by molar-refractivity contribution is 5.93. The van der Waals surface area contributed by atoms with E-state index in [1.165, 1.54) is 0 Å². The Morgan fingerprint density at radius 2 is 0.694 bits per heavy atom. The van der Waals surface area contributed by atoms with Gasteiger partial charge in [0.25, 0.3) is 0 Å². The van der Waals surface area contributed by atoms with Crippen LogP contribution in [0, 0.1) is 0 Å². The van der Waals surface area contributed by atoms with Crippen LogP contribution in [0.4, 0.5) is 19.2 Å². The number of alkyl carbamates (subject to hydrolysis) is 4. The second kappa shape index (κ2) is 32.3. The Morgan fingerprint density at radius 3 is 1.04 bits per heavy atom. The van der Waals surface area contributed by atoms with E-state index < -0.39 is 65.9 Å². The first-order valence-electron chi connectivity index (χ1n) is 24.4. The van der Waals surface area contributed by atoms with Crippen molar-refractivity contribution in [1.29, 1.82) is 0 Å². The standard InChI is InChI=1S/C54H70N6O12/c1-54(2,3)72-53(67)60-45(31-17-20-34-56-51(65)70-38-42-26-12-6-13-27-42)48(62)58-44(30-16-19-33-55-50(64)69-37-41-24-10-5-11-25-41)47(61)59-46(49(63)68-36-40-22-8-4-9-23-40)32-18-21-35-57-52(66)71-39-43-28-14-7-15-29-43/h4-15,22-29,44-46H,16-21,30-39H2,1-3H3,(H,55,64)(H,56,65)(H,57,66)(H,58,62)(H,59,61)(H,60,67)/t44-,45+,46+/m1/s1. The molecule has 0 heterocycles. The molecule has 72 heavy (non-hydrogen) atoms. The Hall–Kier alpha value is -7.63. The van der Waals surface area contributed by atoms with E-state index in [4.69, 9.17) is 23.7 Å². The van der Waals surface area contributed by atoms with Gasteiger partial charge in [0.05, 0.1) is 0 Å². The maximum absolute atomic E-state index is 14.3. The largest absolute Gasteiger partial charge is 0.459 e. The molecule has 0 aliphatic rings. The van der Waals surface area contributed by atoms with Crippen LogP contribution in [-0.2, 0) is 64.5 Å². The van der Waals surface area contributed by atoms with Crippen LogP contribution in [0.5, 0.6) is 0 Å². The number of ether oxygens (including phenoxy) is 5. The molecule has 4 aromatic carbocycles. The van der Waals surface area contributed by atoms with Gasteiger partial charge in [-0.25, -0.2) is 24.0 Å². The number of hydrogen-bond donors (Lipinski definition) is 6. The third-order valence-corrected chi connectivity index (χ3v) is 10.7. The molecule has 6 N–H and O–H groups in total. The van der Waals surface area contributed by atoms with Gasteiger partial charge in [-0.1, -0.05) is 121 Å². The Labute approximate surface area is 422 Å². The molecule has 0 aliphatic carbocycles. The van der Waals surface area contributed by atoms with Gasteiger partial charge in [-0.3, -0.25) is 9.59 Å². The molecule has 6 amide bonds. The van der Waals surface area contributed by atoms with Gasteiger partial charge in [0.1, 0.15) is 50.2 Å². The maximum atomic E-state index is 14.3. The van der Waals surface area contributed by atoms with E-state index >= 15 is 0 Å². The summed E-state index contributed by atoms with van der Waals surface area (Å²) in [6.07, 6.45) is -0.0249. The first-order valence-corrected chi connectivity index (χ1v) is 24.4. The van der Waals surface area contributed by atoms with Crippen molar-refractivity contribution in [2.75, 3.05) is 19.6 Å². The topological polar surface area (TPSA) is 238 Å². The molecule has 0 saturated heterocycles. The number of unbranched alkanes of at least 4 members (excludes halogenated alkanes) is 3. The third-order valence-electron chi connectivity index (χ3n) is 10.7. The minimum absolute atomic E-state index is 0.0514. The Bertz CT molecular complexity index is 2250. The van der Waals surface area contributed by atoms with Crippen molar-refractivity contribution in [2.24, 2.45) is 0 Å². The lowest BCUT2D eigenvalue weighted by Crippen LogP contribution is -2.56. The molecular formula is C54H70N6O12. The average molecular weight is 995 g/mol. The van der Waals surface area contributed by atoms with E-state index in [0.29, 0.717) is 38.5 Å². The summed E-state index contributed by atoms with van der Waals surface area (Å²) >= 11 is 0. The van der Waals surface area contributed by atoms with Crippen molar-refractivity contribution in [3.63, 3.8) is 0 Å². The minimum Gasteiger partial charge on any atom is -0.459 e. The van der Waals surface area contributed by atoms with Crippen LogP contribution < -0.4 is 31.9 Å². The number of carbonyl (C=O) groups is 7. The van der Waals surface area contributed by atoms with Crippen LogP contribution in [-0.4, -0.2) is 85.5 Å². The van der Waals surface area contributed by atoms with Crippen molar-refractivity contribution >= 4 is 42.2 Å². The van der Waals surface area contributed by atoms with Crippen molar-refractivity contribution in [3.05, 3.63) is 144 Å². The molecule has 18 nitrogen and oxygen atoms in total. The summed E-state index contributed by atoms with van der Waals surface area (Å²) in [5, 5.41) is 16.3. The zero-order valence-corrected chi connectivity index (χ0v) is 41.5. The summed E-state index contributed by atoms with van der Waals surface area (Å²) in [5.74, 6) is -2.07. The number of hydrogen-bond acceptors (Lipinski definition) is 12. The molecule has 0 bridgehead atoms. The van der Waals surface area contributed by atoms with Crippen molar-refractivity contribution in [3.8, 4) is 0 Å². The molecule has 0 radical (unpaired) electrons. The van der Waals surface area contributed by atoms with Crippen LogP contribution in [0.1, 0.15) is 101 Å². The van der Waals surface area contributed by atoms with Gasteiger partial charge in [0.2, 0.25) is 11.8 Å². The molecule has 4 rings (SSSR count). The van der Waals surface area contributed by atoms with Gasteiger partial charge < -0.3 is 55.6 Å². The summed E-state index contributed by atoms with van der Waals surface area (Å²) in [6, 6.07) is 33.2. The van der Waals surface area contributed by atoms with Crippen LogP contribution in [0.15, 0.2) is 121 Å². The molecule has 388 valence electrons. The monoisotopic (exact) mass is 995 g/mol. The molecule has 0 spiro atoms. The lowest BCUT2D eigenvalue weighted by atomic mass is 10.0. The van der Waals surface area contributed by atoms with E-state index in [-0.39, 0.29) is 65.3 Å². The second-order valence-corrected chi connectivity index (χ2v) is 17.9. The zero-order valence-electron chi connectivity index (χ0n) is 41.5. The first kappa shape index (κ1) is 57.0. The van der Waals surface area contributed by atoms with E-state index in [0.717, 1.165) is 22.3 Å². The maximum Gasteiger partial charge on any atom is 0.408 e. The fourth-order valence-corrected chi connectivity index (χ4v) is 6.92. The summed E-state index contributed by atoms with van der Waals surface area (Å²) in [5.41, 5.74) is 2.35. The normalized spacial score (nSPS) is 12.1. The lowest BCUT2D eigenvalue weighted by Gasteiger charge is -2.26. The van der Waals surface area contributed by atoms with Crippen molar-refractivity contribution in [2.45, 2.75) is 129 Å². The summed E-state index contributed by atoms with van der Waals surface area (Å²) < 4.78 is 27.0. The molecule has 0 saturated carbocycles. The average Bonchev–Trinajstić information content (AvgIpc) is 3.37. The Balaban J connectivity index is 1.42. The van der Waals surface area contributed by atoms with Gasteiger partial charge in [0, 0.05) is 19.6 Å². The summed E-state index contributed by atoms with van der Waals surface area (Å²) in [7, 11) is 0. The highest BCUT2D eigenvalue weighted by atomic mass is 16.6. The van der Waals surface area contributed by atoms with Crippen molar-refractivity contribution < 1.29 is 57.2 Å². The summed E-state index contributed by atoms with van der Waals surface area (Å²) in [6.45, 7) is 5.95. The van der Waals surface area contributed by atoms with Gasteiger partial charge in [0.15, 0.2) is 0 Å². The molecule has 3 atom stereocenters. The number of nitrogens with one attached hydrogen (secondary N) is 6. The van der Waals surface area contributed by atoms with E-state index in [1.54, 1.807) is 32.9 Å². The van der Waals surface area contributed by atoms with Gasteiger partial charge in [-0.2, -0.15) is 0 Å². The second-order valence-electron chi connectivity index (χ2n) is 17.9. The molecule has 0 unspecified atom stereocenters. The van der Waals surface area contributed by atoms with Crippen LogP contribution in [0.3, 0.4) is 0 Å². The minimum atomic E-state index is -1.21. The van der Waals surface area contributed by atoms with Gasteiger partial charge >= 0.3 is 30.3 Å².